The molecule has 1 aromatic carbocycles. The average molecular weight is 308 g/mol. The lowest BCUT2D eigenvalue weighted by molar-refractivity contribution is 0.511. The van der Waals surface area contributed by atoms with E-state index >= 15 is 0 Å². The molecule has 3 nitrogen and oxygen atoms in total. The average Bonchev–Trinajstić information content (AvgIpc) is 2.78. The number of hydrogen-bond acceptors (Lipinski definition) is 2. The predicted octanol–water partition coefficient (Wildman–Crippen LogP) is 3.42. The molecular formula is C14H18BrN3. The van der Waals surface area contributed by atoms with Crippen molar-refractivity contribution in [3.8, 4) is 0 Å². The van der Waals surface area contributed by atoms with Crippen LogP contribution in [0, 0.1) is 0 Å². The number of rotatable bonds is 5. The van der Waals surface area contributed by atoms with Crippen LogP contribution in [0.2, 0.25) is 0 Å². The van der Waals surface area contributed by atoms with E-state index in [0.717, 1.165) is 23.1 Å². The molecule has 0 aliphatic carbocycles. The summed E-state index contributed by atoms with van der Waals surface area (Å²) in [5.41, 5.74) is 2.39. The van der Waals surface area contributed by atoms with E-state index in [0.29, 0.717) is 6.04 Å². The number of benzene rings is 1. The van der Waals surface area contributed by atoms with E-state index in [1.807, 2.05) is 24.0 Å². The van der Waals surface area contributed by atoms with Gasteiger partial charge in [-0.2, -0.15) is 5.10 Å². The van der Waals surface area contributed by atoms with Crippen molar-refractivity contribution >= 4 is 15.9 Å². The van der Waals surface area contributed by atoms with E-state index < -0.39 is 0 Å². The Balaban J connectivity index is 1.99. The third kappa shape index (κ3) is 3.43. The van der Waals surface area contributed by atoms with E-state index in [9.17, 15) is 0 Å². The molecule has 18 heavy (non-hydrogen) atoms. The van der Waals surface area contributed by atoms with Gasteiger partial charge < -0.3 is 5.32 Å². The van der Waals surface area contributed by atoms with Gasteiger partial charge in [0, 0.05) is 30.3 Å². The molecule has 1 heterocycles. The zero-order valence-corrected chi connectivity index (χ0v) is 12.3. The molecule has 4 heteroatoms. The summed E-state index contributed by atoms with van der Waals surface area (Å²) in [4.78, 5) is 0. The van der Waals surface area contributed by atoms with E-state index in [1.165, 1.54) is 5.56 Å². The standard InChI is InChI=1S/C14H18BrN3/c1-3-14(11-4-6-12(15)7-5-11)16-10-13-8-9-18(2)17-13/h4-9,14,16H,3,10H2,1-2H3. The van der Waals surface area contributed by atoms with Crippen LogP contribution in [0.15, 0.2) is 41.0 Å². The summed E-state index contributed by atoms with van der Waals surface area (Å²) in [5.74, 6) is 0. The summed E-state index contributed by atoms with van der Waals surface area (Å²) in [6.07, 6.45) is 3.03. The second-order valence-electron chi connectivity index (χ2n) is 4.37. The second-order valence-corrected chi connectivity index (χ2v) is 5.29. The van der Waals surface area contributed by atoms with Crippen molar-refractivity contribution < 1.29 is 0 Å². The summed E-state index contributed by atoms with van der Waals surface area (Å²) in [5, 5.41) is 7.92. The molecule has 0 bridgehead atoms. The Morgan fingerprint density at radius 1 is 1.28 bits per heavy atom. The lowest BCUT2D eigenvalue weighted by atomic mass is 10.0. The zero-order chi connectivity index (χ0) is 13.0. The number of nitrogens with one attached hydrogen (secondary N) is 1. The highest BCUT2D eigenvalue weighted by molar-refractivity contribution is 9.10. The molecule has 1 N–H and O–H groups in total. The van der Waals surface area contributed by atoms with Gasteiger partial charge in [-0.15, -0.1) is 0 Å². The molecule has 1 unspecified atom stereocenters. The molecule has 1 aromatic heterocycles. The second kappa shape index (κ2) is 6.16. The summed E-state index contributed by atoms with van der Waals surface area (Å²) < 4.78 is 2.95. The van der Waals surface area contributed by atoms with Crippen molar-refractivity contribution in [2.45, 2.75) is 25.9 Å². The van der Waals surface area contributed by atoms with Crippen LogP contribution in [0.25, 0.3) is 0 Å². The van der Waals surface area contributed by atoms with Crippen LogP contribution in [-0.4, -0.2) is 9.78 Å². The molecule has 2 aromatic rings. The predicted molar refractivity (Wildman–Crippen MR) is 77.2 cm³/mol. The van der Waals surface area contributed by atoms with Gasteiger partial charge in [-0.3, -0.25) is 4.68 Å². The molecular weight excluding hydrogens is 290 g/mol. The molecule has 0 saturated heterocycles. The molecule has 0 spiro atoms. The van der Waals surface area contributed by atoms with Crippen molar-refractivity contribution in [3.63, 3.8) is 0 Å². The highest BCUT2D eigenvalue weighted by Crippen LogP contribution is 2.19. The summed E-state index contributed by atoms with van der Waals surface area (Å²) in [7, 11) is 1.94. The number of aromatic nitrogens is 2. The van der Waals surface area contributed by atoms with Gasteiger partial charge in [0.25, 0.3) is 0 Å². The quantitative estimate of drug-likeness (QED) is 0.917. The van der Waals surface area contributed by atoms with Gasteiger partial charge in [0.1, 0.15) is 0 Å². The van der Waals surface area contributed by atoms with Gasteiger partial charge in [0.2, 0.25) is 0 Å². The Morgan fingerprint density at radius 3 is 2.56 bits per heavy atom. The minimum absolute atomic E-state index is 0.375. The summed E-state index contributed by atoms with van der Waals surface area (Å²) >= 11 is 3.46. The smallest absolute Gasteiger partial charge is 0.0762 e. The van der Waals surface area contributed by atoms with Gasteiger partial charge >= 0.3 is 0 Å². The van der Waals surface area contributed by atoms with E-state index in [-0.39, 0.29) is 0 Å². The van der Waals surface area contributed by atoms with Crippen molar-refractivity contribution in [2.24, 2.45) is 7.05 Å². The van der Waals surface area contributed by atoms with E-state index in [4.69, 9.17) is 0 Å². The molecule has 1 atom stereocenters. The first kappa shape index (κ1) is 13.3. The molecule has 0 saturated carbocycles. The maximum atomic E-state index is 4.37. The molecule has 0 amide bonds. The normalized spacial score (nSPS) is 12.6. The largest absolute Gasteiger partial charge is 0.304 e. The minimum Gasteiger partial charge on any atom is -0.304 e. The summed E-state index contributed by atoms with van der Waals surface area (Å²) in [6, 6.07) is 10.9. The van der Waals surface area contributed by atoms with E-state index in [1.54, 1.807) is 0 Å². The van der Waals surface area contributed by atoms with E-state index in [2.05, 4.69) is 57.5 Å². The maximum absolute atomic E-state index is 4.37. The first-order chi connectivity index (χ1) is 8.69. The fourth-order valence-corrected chi connectivity index (χ4v) is 2.24. The van der Waals surface area contributed by atoms with Crippen molar-refractivity contribution in [2.75, 3.05) is 0 Å². The topological polar surface area (TPSA) is 29.9 Å². The molecule has 0 fully saturated rings. The van der Waals surface area contributed by atoms with Crippen LogP contribution >= 0.6 is 15.9 Å². The van der Waals surface area contributed by atoms with Crippen LogP contribution in [0.1, 0.15) is 30.6 Å². The van der Waals surface area contributed by atoms with Gasteiger partial charge in [-0.25, -0.2) is 0 Å². The molecule has 0 aliphatic heterocycles. The highest BCUT2D eigenvalue weighted by Gasteiger charge is 2.09. The number of aryl methyl sites for hydroxylation is 1. The van der Waals surface area contributed by atoms with Crippen LogP contribution in [0.4, 0.5) is 0 Å². The fraction of sp³-hybridized carbons (Fsp3) is 0.357. The Kier molecular flexibility index (Phi) is 4.55. The third-order valence-electron chi connectivity index (χ3n) is 2.98. The van der Waals surface area contributed by atoms with Crippen LogP contribution < -0.4 is 5.32 Å². The Morgan fingerprint density at radius 2 is 2.00 bits per heavy atom. The van der Waals surface area contributed by atoms with Crippen molar-refractivity contribution in [3.05, 3.63) is 52.3 Å². The van der Waals surface area contributed by atoms with Gasteiger partial charge in [0.15, 0.2) is 0 Å². The molecule has 0 aliphatic rings. The van der Waals surface area contributed by atoms with Crippen LogP contribution in [0.5, 0.6) is 0 Å². The van der Waals surface area contributed by atoms with Gasteiger partial charge in [-0.05, 0) is 30.2 Å². The lowest BCUT2D eigenvalue weighted by Gasteiger charge is -2.16. The van der Waals surface area contributed by atoms with Crippen molar-refractivity contribution in [1.29, 1.82) is 0 Å². The number of nitrogens with zero attached hydrogens (tertiary/aromatic N) is 2. The van der Waals surface area contributed by atoms with Crippen LogP contribution in [0.3, 0.4) is 0 Å². The minimum atomic E-state index is 0.375. The monoisotopic (exact) mass is 307 g/mol. The SMILES string of the molecule is CCC(NCc1ccn(C)n1)c1ccc(Br)cc1. The Bertz CT molecular complexity index is 490. The lowest BCUT2D eigenvalue weighted by Crippen LogP contribution is -2.20. The third-order valence-corrected chi connectivity index (χ3v) is 3.51. The highest BCUT2D eigenvalue weighted by atomic mass is 79.9. The maximum Gasteiger partial charge on any atom is 0.0762 e. The molecule has 2 rings (SSSR count). The number of halogens is 1. The first-order valence-corrected chi connectivity index (χ1v) is 6.95. The zero-order valence-electron chi connectivity index (χ0n) is 10.7. The van der Waals surface area contributed by atoms with Crippen LogP contribution in [-0.2, 0) is 13.6 Å². The van der Waals surface area contributed by atoms with Crippen molar-refractivity contribution in [1.82, 2.24) is 15.1 Å². The Labute approximate surface area is 116 Å². The first-order valence-electron chi connectivity index (χ1n) is 6.16. The molecule has 0 radical (unpaired) electrons. The Hall–Kier alpha value is -1.13. The number of hydrogen-bond donors (Lipinski definition) is 1. The molecule has 96 valence electrons. The van der Waals surface area contributed by atoms with Gasteiger partial charge in [-0.1, -0.05) is 35.0 Å². The summed E-state index contributed by atoms with van der Waals surface area (Å²) in [6.45, 7) is 2.99. The van der Waals surface area contributed by atoms with Gasteiger partial charge in [0.05, 0.1) is 5.69 Å². The fourth-order valence-electron chi connectivity index (χ4n) is 1.98.